The summed E-state index contributed by atoms with van der Waals surface area (Å²) in [6.07, 6.45) is 9.47. The zero-order chi connectivity index (χ0) is 12.4. The number of nitrogens with zero attached hydrogens (tertiary/aromatic N) is 2. The monoisotopic (exact) mass is 250 g/mol. The highest BCUT2D eigenvalue weighted by molar-refractivity contribution is 5.79. The molecule has 2 heterocycles. The SMILES string of the molecule is O=C1CCC(N2CCC(N3CCCCC3)C2)CC1. The van der Waals surface area contributed by atoms with Crippen LogP contribution in [0.25, 0.3) is 0 Å². The number of piperidine rings is 1. The van der Waals surface area contributed by atoms with E-state index < -0.39 is 0 Å². The lowest BCUT2D eigenvalue weighted by atomic mass is 9.93. The minimum absolute atomic E-state index is 0.484. The predicted octanol–water partition coefficient (Wildman–Crippen LogP) is 2.06. The fourth-order valence-electron chi connectivity index (χ4n) is 3.97. The van der Waals surface area contributed by atoms with Crippen LogP contribution < -0.4 is 0 Å². The van der Waals surface area contributed by atoms with E-state index in [0.29, 0.717) is 11.8 Å². The van der Waals surface area contributed by atoms with Crippen LogP contribution in [0.4, 0.5) is 0 Å². The first-order valence-corrected chi connectivity index (χ1v) is 7.83. The first kappa shape index (κ1) is 12.6. The number of carbonyl (C=O) groups excluding carboxylic acids is 1. The summed E-state index contributed by atoms with van der Waals surface area (Å²) >= 11 is 0. The van der Waals surface area contributed by atoms with Gasteiger partial charge in [0.1, 0.15) is 5.78 Å². The van der Waals surface area contributed by atoms with Crippen LogP contribution in [0.5, 0.6) is 0 Å². The lowest BCUT2D eigenvalue weighted by Gasteiger charge is -2.34. The summed E-state index contributed by atoms with van der Waals surface area (Å²) in [5, 5.41) is 0. The van der Waals surface area contributed by atoms with Crippen molar-refractivity contribution in [3.05, 3.63) is 0 Å². The summed E-state index contributed by atoms with van der Waals surface area (Å²) in [6, 6.07) is 1.51. The van der Waals surface area contributed by atoms with Gasteiger partial charge in [-0.3, -0.25) is 14.6 Å². The molecule has 3 nitrogen and oxygen atoms in total. The van der Waals surface area contributed by atoms with Gasteiger partial charge in [-0.05, 0) is 45.2 Å². The lowest BCUT2D eigenvalue weighted by molar-refractivity contribution is -0.121. The standard InChI is InChI=1S/C15H26N2O/c18-15-6-4-13(5-7-15)17-11-8-14(12-17)16-9-2-1-3-10-16/h13-14H,1-12H2. The van der Waals surface area contributed by atoms with E-state index in [-0.39, 0.29) is 0 Å². The minimum Gasteiger partial charge on any atom is -0.300 e. The highest BCUT2D eigenvalue weighted by atomic mass is 16.1. The van der Waals surface area contributed by atoms with E-state index in [2.05, 4.69) is 9.80 Å². The third-order valence-corrected chi connectivity index (χ3v) is 5.13. The predicted molar refractivity (Wildman–Crippen MR) is 72.7 cm³/mol. The quantitative estimate of drug-likeness (QED) is 0.749. The summed E-state index contributed by atoms with van der Waals surface area (Å²) in [5.74, 6) is 0.484. The molecule has 2 saturated heterocycles. The third-order valence-electron chi connectivity index (χ3n) is 5.13. The molecular formula is C15H26N2O. The Balaban J connectivity index is 1.50. The average Bonchev–Trinajstić information content (AvgIpc) is 2.90. The van der Waals surface area contributed by atoms with Crippen molar-refractivity contribution in [2.75, 3.05) is 26.2 Å². The van der Waals surface area contributed by atoms with Gasteiger partial charge in [-0.25, -0.2) is 0 Å². The molecule has 18 heavy (non-hydrogen) atoms. The fraction of sp³-hybridized carbons (Fsp3) is 0.933. The Morgan fingerprint density at radius 3 is 2.22 bits per heavy atom. The fourth-order valence-corrected chi connectivity index (χ4v) is 3.97. The van der Waals surface area contributed by atoms with Gasteiger partial charge in [0.25, 0.3) is 0 Å². The van der Waals surface area contributed by atoms with Crippen LogP contribution in [0, 0.1) is 0 Å². The summed E-state index contributed by atoms with van der Waals surface area (Å²) in [7, 11) is 0. The van der Waals surface area contributed by atoms with Gasteiger partial charge >= 0.3 is 0 Å². The van der Waals surface area contributed by atoms with Crippen molar-refractivity contribution in [3.63, 3.8) is 0 Å². The Kier molecular flexibility index (Phi) is 4.00. The topological polar surface area (TPSA) is 23.6 Å². The van der Waals surface area contributed by atoms with Crippen LogP contribution in [0.2, 0.25) is 0 Å². The molecule has 3 fully saturated rings. The third kappa shape index (κ3) is 2.77. The molecule has 3 rings (SSSR count). The highest BCUT2D eigenvalue weighted by Crippen LogP contribution is 2.27. The molecule has 3 aliphatic rings. The van der Waals surface area contributed by atoms with Crippen LogP contribution in [-0.2, 0) is 4.79 Å². The molecule has 0 aromatic rings. The Hall–Kier alpha value is -0.410. The largest absolute Gasteiger partial charge is 0.300 e. The molecule has 102 valence electrons. The zero-order valence-corrected chi connectivity index (χ0v) is 11.4. The van der Waals surface area contributed by atoms with Crippen LogP contribution in [0.3, 0.4) is 0 Å². The molecule has 0 aromatic heterocycles. The summed E-state index contributed by atoms with van der Waals surface area (Å²) in [5.41, 5.74) is 0. The number of ketones is 1. The van der Waals surface area contributed by atoms with Crippen molar-refractivity contribution in [1.29, 1.82) is 0 Å². The summed E-state index contributed by atoms with van der Waals surface area (Å²) < 4.78 is 0. The van der Waals surface area contributed by atoms with Gasteiger partial charge in [0, 0.05) is 38.0 Å². The van der Waals surface area contributed by atoms with Crippen molar-refractivity contribution < 1.29 is 4.79 Å². The lowest BCUT2D eigenvalue weighted by Crippen LogP contribution is -2.43. The van der Waals surface area contributed by atoms with Gasteiger partial charge in [0.2, 0.25) is 0 Å². The van der Waals surface area contributed by atoms with Gasteiger partial charge < -0.3 is 0 Å². The first-order chi connectivity index (χ1) is 8.83. The van der Waals surface area contributed by atoms with Gasteiger partial charge in [-0.15, -0.1) is 0 Å². The molecule has 0 spiro atoms. The number of Topliss-reactive ketones (excluding diaryl/α,β-unsaturated/α-hetero) is 1. The van der Waals surface area contributed by atoms with Crippen LogP contribution >= 0.6 is 0 Å². The Morgan fingerprint density at radius 1 is 0.778 bits per heavy atom. The maximum atomic E-state index is 11.3. The van der Waals surface area contributed by atoms with Gasteiger partial charge in [-0.1, -0.05) is 6.42 Å². The molecule has 1 atom stereocenters. The molecular weight excluding hydrogens is 224 g/mol. The van der Waals surface area contributed by atoms with Crippen molar-refractivity contribution >= 4 is 5.78 Å². The minimum atomic E-state index is 0.484. The van der Waals surface area contributed by atoms with Crippen LogP contribution in [0.1, 0.15) is 51.4 Å². The van der Waals surface area contributed by atoms with Gasteiger partial charge in [-0.2, -0.15) is 0 Å². The van der Waals surface area contributed by atoms with E-state index in [1.807, 2.05) is 0 Å². The number of rotatable bonds is 2. The molecule has 3 heteroatoms. The summed E-state index contributed by atoms with van der Waals surface area (Å²) in [4.78, 5) is 16.7. The van der Waals surface area contributed by atoms with E-state index in [1.165, 1.54) is 51.9 Å². The number of likely N-dealkylation sites (tertiary alicyclic amines) is 2. The van der Waals surface area contributed by atoms with Gasteiger partial charge in [0.05, 0.1) is 0 Å². The number of carbonyl (C=O) groups is 1. The molecule has 0 aromatic carbocycles. The molecule has 1 saturated carbocycles. The molecule has 0 N–H and O–H groups in total. The van der Waals surface area contributed by atoms with E-state index >= 15 is 0 Å². The Labute approximate surface area is 111 Å². The Morgan fingerprint density at radius 2 is 1.50 bits per heavy atom. The molecule has 1 aliphatic carbocycles. The number of hydrogen-bond acceptors (Lipinski definition) is 3. The highest BCUT2D eigenvalue weighted by Gasteiger charge is 2.33. The number of hydrogen-bond donors (Lipinski definition) is 0. The van der Waals surface area contributed by atoms with Crippen molar-refractivity contribution in [3.8, 4) is 0 Å². The molecule has 1 unspecified atom stereocenters. The van der Waals surface area contributed by atoms with E-state index in [1.54, 1.807) is 0 Å². The second-order valence-corrected chi connectivity index (χ2v) is 6.30. The second kappa shape index (κ2) is 5.70. The average molecular weight is 250 g/mol. The van der Waals surface area contributed by atoms with Gasteiger partial charge in [0.15, 0.2) is 0 Å². The molecule has 2 aliphatic heterocycles. The van der Waals surface area contributed by atoms with Crippen LogP contribution in [-0.4, -0.2) is 53.8 Å². The van der Waals surface area contributed by atoms with Crippen LogP contribution in [0.15, 0.2) is 0 Å². The van der Waals surface area contributed by atoms with E-state index in [4.69, 9.17) is 0 Å². The maximum absolute atomic E-state index is 11.3. The van der Waals surface area contributed by atoms with Crippen molar-refractivity contribution in [2.45, 2.75) is 63.5 Å². The zero-order valence-electron chi connectivity index (χ0n) is 11.4. The molecule has 0 bridgehead atoms. The molecule has 0 radical (unpaired) electrons. The smallest absolute Gasteiger partial charge is 0.133 e. The molecule has 0 amide bonds. The first-order valence-electron chi connectivity index (χ1n) is 7.83. The maximum Gasteiger partial charge on any atom is 0.133 e. The van der Waals surface area contributed by atoms with Crippen molar-refractivity contribution in [1.82, 2.24) is 9.80 Å². The normalized spacial score (nSPS) is 33.1. The van der Waals surface area contributed by atoms with E-state index in [9.17, 15) is 4.79 Å². The Bertz CT molecular complexity index is 289. The summed E-state index contributed by atoms with van der Waals surface area (Å²) in [6.45, 7) is 5.17. The van der Waals surface area contributed by atoms with Crippen molar-refractivity contribution in [2.24, 2.45) is 0 Å². The second-order valence-electron chi connectivity index (χ2n) is 6.30. The van der Waals surface area contributed by atoms with E-state index in [0.717, 1.165) is 31.7 Å².